The van der Waals surface area contributed by atoms with E-state index < -0.39 is 5.97 Å². The van der Waals surface area contributed by atoms with Crippen LogP contribution in [0.2, 0.25) is 0 Å². The van der Waals surface area contributed by atoms with E-state index in [0.29, 0.717) is 12.1 Å². The Balaban J connectivity index is 2.69. The van der Waals surface area contributed by atoms with Crippen molar-refractivity contribution in [2.24, 2.45) is 0 Å². The lowest BCUT2D eigenvalue weighted by Gasteiger charge is -2.19. The molecule has 1 aromatic heterocycles. The second-order valence-electron chi connectivity index (χ2n) is 3.29. The van der Waals surface area contributed by atoms with Crippen LogP contribution in [-0.2, 0) is 9.53 Å². The van der Waals surface area contributed by atoms with Gasteiger partial charge in [0.2, 0.25) is 0 Å². The van der Waals surface area contributed by atoms with Crippen molar-refractivity contribution in [3.63, 3.8) is 0 Å². The van der Waals surface area contributed by atoms with Gasteiger partial charge in [-0.25, -0.2) is 0 Å². The molecule has 0 fully saturated rings. The first-order chi connectivity index (χ1) is 7.69. The minimum Gasteiger partial charge on any atom is -0.468 e. The molecule has 0 spiro atoms. The van der Waals surface area contributed by atoms with Crippen molar-refractivity contribution in [2.75, 3.05) is 20.2 Å². The largest absolute Gasteiger partial charge is 0.468 e. The number of nitrogens with zero attached hydrogens (tertiary/aromatic N) is 2. The molecule has 1 N–H and O–H groups in total. The van der Waals surface area contributed by atoms with E-state index in [-0.39, 0.29) is 12.5 Å². The van der Waals surface area contributed by atoms with Gasteiger partial charge >= 0.3 is 5.97 Å². The van der Waals surface area contributed by atoms with Crippen LogP contribution in [0, 0.1) is 0 Å². The highest BCUT2D eigenvalue weighted by molar-refractivity contribution is 5.95. The topological polar surface area (TPSA) is 75.3 Å². The number of hydrogen-bond acceptors (Lipinski definition) is 4. The molecule has 0 saturated heterocycles. The molecule has 16 heavy (non-hydrogen) atoms. The Bertz CT molecular complexity index is 348. The molecule has 6 nitrogen and oxygen atoms in total. The summed E-state index contributed by atoms with van der Waals surface area (Å²) in [5, 5.41) is 6.26. The standard InChI is InChI=1S/C10H15N3O3/c1-3-4-13(7-9(14)16-2)10(15)8-5-11-12-6-8/h5-6H,3-4,7H2,1-2H3,(H,11,12). The van der Waals surface area contributed by atoms with Crippen molar-refractivity contribution in [3.05, 3.63) is 18.0 Å². The average Bonchev–Trinajstić information content (AvgIpc) is 2.80. The van der Waals surface area contributed by atoms with E-state index >= 15 is 0 Å². The van der Waals surface area contributed by atoms with Crippen molar-refractivity contribution < 1.29 is 14.3 Å². The zero-order chi connectivity index (χ0) is 12.0. The second kappa shape index (κ2) is 5.89. The number of rotatable bonds is 5. The first-order valence-electron chi connectivity index (χ1n) is 5.04. The van der Waals surface area contributed by atoms with Crippen LogP contribution in [0.1, 0.15) is 23.7 Å². The van der Waals surface area contributed by atoms with Crippen LogP contribution in [-0.4, -0.2) is 47.2 Å². The number of carbonyl (C=O) groups is 2. The molecule has 0 aliphatic rings. The smallest absolute Gasteiger partial charge is 0.325 e. The highest BCUT2D eigenvalue weighted by Crippen LogP contribution is 2.03. The van der Waals surface area contributed by atoms with Crippen molar-refractivity contribution in [3.8, 4) is 0 Å². The number of carbonyl (C=O) groups excluding carboxylic acids is 2. The van der Waals surface area contributed by atoms with Crippen molar-refractivity contribution in [1.82, 2.24) is 15.1 Å². The van der Waals surface area contributed by atoms with E-state index in [1.165, 1.54) is 24.4 Å². The quantitative estimate of drug-likeness (QED) is 0.737. The van der Waals surface area contributed by atoms with Crippen LogP contribution < -0.4 is 0 Å². The van der Waals surface area contributed by atoms with Gasteiger partial charge in [-0.1, -0.05) is 6.92 Å². The first-order valence-corrected chi connectivity index (χ1v) is 5.04. The molecule has 0 aliphatic carbocycles. The fourth-order valence-electron chi connectivity index (χ4n) is 1.29. The molecule has 0 unspecified atom stereocenters. The van der Waals surface area contributed by atoms with Gasteiger partial charge in [-0.2, -0.15) is 5.10 Å². The van der Waals surface area contributed by atoms with Crippen LogP contribution in [0.25, 0.3) is 0 Å². The number of aromatic amines is 1. The lowest BCUT2D eigenvalue weighted by Crippen LogP contribution is -2.36. The number of hydrogen-bond donors (Lipinski definition) is 1. The first kappa shape index (κ1) is 12.2. The Labute approximate surface area is 93.6 Å². The summed E-state index contributed by atoms with van der Waals surface area (Å²) < 4.78 is 4.54. The average molecular weight is 225 g/mol. The lowest BCUT2D eigenvalue weighted by atomic mass is 10.3. The zero-order valence-corrected chi connectivity index (χ0v) is 9.40. The summed E-state index contributed by atoms with van der Waals surface area (Å²) >= 11 is 0. The summed E-state index contributed by atoms with van der Waals surface area (Å²) in [6, 6.07) is 0. The van der Waals surface area contributed by atoms with E-state index in [0.717, 1.165) is 6.42 Å². The van der Waals surface area contributed by atoms with E-state index in [1.807, 2.05) is 6.92 Å². The molecule has 0 bridgehead atoms. The fourth-order valence-corrected chi connectivity index (χ4v) is 1.29. The van der Waals surface area contributed by atoms with Crippen LogP contribution in [0.15, 0.2) is 12.4 Å². The Kier molecular flexibility index (Phi) is 4.50. The molecule has 0 saturated carbocycles. The molecule has 1 heterocycles. The Morgan fingerprint density at radius 3 is 2.81 bits per heavy atom. The molecule has 88 valence electrons. The van der Waals surface area contributed by atoms with E-state index in [1.54, 1.807) is 0 Å². The van der Waals surface area contributed by atoms with Gasteiger partial charge in [0.05, 0.1) is 18.9 Å². The maximum atomic E-state index is 11.9. The summed E-state index contributed by atoms with van der Waals surface area (Å²) in [5.41, 5.74) is 0.442. The summed E-state index contributed by atoms with van der Waals surface area (Å²) in [6.45, 7) is 2.42. The number of methoxy groups -OCH3 is 1. The monoisotopic (exact) mass is 225 g/mol. The van der Waals surface area contributed by atoms with Gasteiger partial charge in [0.25, 0.3) is 5.91 Å². The molecule has 6 heteroatoms. The minimum absolute atomic E-state index is 0.0334. The van der Waals surface area contributed by atoms with Crippen LogP contribution in [0.5, 0.6) is 0 Å². The van der Waals surface area contributed by atoms with Crippen molar-refractivity contribution in [1.29, 1.82) is 0 Å². The number of ether oxygens (including phenoxy) is 1. The Morgan fingerprint density at radius 2 is 2.31 bits per heavy atom. The zero-order valence-electron chi connectivity index (χ0n) is 9.40. The van der Waals surface area contributed by atoms with Gasteiger partial charge in [-0.3, -0.25) is 14.7 Å². The number of H-pyrrole nitrogens is 1. The van der Waals surface area contributed by atoms with Crippen LogP contribution >= 0.6 is 0 Å². The van der Waals surface area contributed by atoms with E-state index in [4.69, 9.17) is 0 Å². The number of amides is 1. The van der Waals surface area contributed by atoms with E-state index in [2.05, 4.69) is 14.9 Å². The van der Waals surface area contributed by atoms with Gasteiger partial charge in [0, 0.05) is 12.7 Å². The molecule has 1 amide bonds. The summed E-state index contributed by atoms with van der Waals surface area (Å²) in [4.78, 5) is 24.5. The third-order valence-electron chi connectivity index (χ3n) is 2.07. The van der Waals surface area contributed by atoms with Gasteiger partial charge in [-0.15, -0.1) is 0 Å². The third kappa shape index (κ3) is 3.08. The summed E-state index contributed by atoms with van der Waals surface area (Å²) in [6.07, 6.45) is 3.71. The predicted molar refractivity (Wildman–Crippen MR) is 56.8 cm³/mol. The fraction of sp³-hybridized carbons (Fsp3) is 0.500. The Hall–Kier alpha value is -1.85. The van der Waals surface area contributed by atoms with Crippen molar-refractivity contribution >= 4 is 11.9 Å². The second-order valence-corrected chi connectivity index (χ2v) is 3.29. The van der Waals surface area contributed by atoms with Gasteiger partial charge in [0.1, 0.15) is 6.54 Å². The highest BCUT2D eigenvalue weighted by Gasteiger charge is 2.18. The molecule has 1 rings (SSSR count). The summed E-state index contributed by atoms with van der Waals surface area (Å²) in [5.74, 6) is -0.647. The van der Waals surface area contributed by atoms with Crippen LogP contribution in [0.3, 0.4) is 0 Å². The minimum atomic E-state index is -0.426. The maximum absolute atomic E-state index is 11.9. The van der Waals surface area contributed by atoms with Crippen LogP contribution in [0.4, 0.5) is 0 Å². The Morgan fingerprint density at radius 1 is 1.56 bits per heavy atom. The van der Waals surface area contributed by atoms with Gasteiger partial charge in [0.15, 0.2) is 0 Å². The van der Waals surface area contributed by atoms with Gasteiger partial charge < -0.3 is 9.64 Å². The number of aromatic nitrogens is 2. The molecular formula is C10H15N3O3. The predicted octanol–water partition coefficient (Wildman–Crippen LogP) is 0.435. The molecule has 0 radical (unpaired) electrons. The molecule has 0 aromatic carbocycles. The molecular weight excluding hydrogens is 210 g/mol. The number of esters is 1. The van der Waals surface area contributed by atoms with Crippen molar-refractivity contribution in [2.45, 2.75) is 13.3 Å². The van der Waals surface area contributed by atoms with E-state index in [9.17, 15) is 9.59 Å². The lowest BCUT2D eigenvalue weighted by molar-refractivity contribution is -0.141. The summed E-state index contributed by atoms with van der Waals surface area (Å²) in [7, 11) is 1.30. The van der Waals surface area contributed by atoms with Gasteiger partial charge in [-0.05, 0) is 6.42 Å². The normalized spacial score (nSPS) is 9.88. The maximum Gasteiger partial charge on any atom is 0.325 e. The third-order valence-corrected chi connectivity index (χ3v) is 2.07. The SMILES string of the molecule is CCCN(CC(=O)OC)C(=O)c1cn[nH]c1. The highest BCUT2D eigenvalue weighted by atomic mass is 16.5. The number of nitrogens with one attached hydrogen (secondary N) is 1. The molecule has 1 aromatic rings. The molecule has 0 aliphatic heterocycles. The molecule has 0 atom stereocenters.